The molecule has 1 N–H and O–H groups in total. The van der Waals surface area contributed by atoms with Crippen LogP contribution in [-0.2, 0) is 6.42 Å². The van der Waals surface area contributed by atoms with Gasteiger partial charge in [0, 0.05) is 20.6 Å². The molecule has 0 radical (unpaired) electrons. The van der Waals surface area contributed by atoms with Crippen molar-refractivity contribution in [3.05, 3.63) is 62.0 Å². The highest BCUT2D eigenvalue weighted by atomic mass is 79.9. The van der Waals surface area contributed by atoms with Crippen molar-refractivity contribution in [2.75, 3.05) is 14.2 Å². The van der Waals surface area contributed by atoms with Gasteiger partial charge in [-0.2, -0.15) is 0 Å². The van der Waals surface area contributed by atoms with Gasteiger partial charge < -0.3 is 10.1 Å². The maximum absolute atomic E-state index is 6.35. The zero-order valence-electron chi connectivity index (χ0n) is 11.8. The highest BCUT2D eigenvalue weighted by molar-refractivity contribution is 9.10. The molecule has 112 valence electrons. The summed E-state index contributed by atoms with van der Waals surface area (Å²) in [5.41, 5.74) is 2.09. The van der Waals surface area contributed by atoms with Crippen LogP contribution < -0.4 is 10.1 Å². The van der Waals surface area contributed by atoms with E-state index in [0.29, 0.717) is 5.02 Å². The van der Waals surface area contributed by atoms with Crippen LogP contribution in [-0.4, -0.2) is 14.2 Å². The molecule has 2 rings (SSSR count). The molecule has 1 unspecified atom stereocenters. The SMILES string of the molecule is CNC(Cc1cc(Cl)ccc1OC)c1ccc(Br)cc1Cl. The number of rotatable bonds is 5. The van der Waals surface area contributed by atoms with Gasteiger partial charge in [-0.1, -0.05) is 45.2 Å². The molecule has 5 heteroatoms. The van der Waals surface area contributed by atoms with E-state index in [2.05, 4.69) is 21.2 Å². The molecule has 0 aliphatic carbocycles. The fourth-order valence-electron chi connectivity index (χ4n) is 2.28. The minimum absolute atomic E-state index is 0.0815. The van der Waals surface area contributed by atoms with Crippen molar-refractivity contribution in [2.45, 2.75) is 12.5 Å². The van der Waals surface area contributed by atoms with Crippen molar-refractivity contribution in [3.8, 4) is 5.75 Å². The maximum atomic E-state index is 6.35. The molecular formula is C16H16BrCl2NO. The second-order valence-electron chi connectivity index (χ2n) is 4.67. The summed E-state index contributed by atoms with van der Waals surface area (Å²) in [6.07, 6.45) is 0.738. The number of nitrogens with one attached hydrogen (secondary N) is 1. The molecule has 2 aromatic carbocycles. The Kier molecular flexibility index (Phi) is 5.94. The van der Waals surface area contributed by atoms with Crippen molar-refractivity contribution in [3.63, 3.8) is 0 Å². The summed E-state index contributed by atoms with van der Waals surface area (Å²) in [6.45, 7) is 0. The van der Waals surface area contributed by atoms with Crippen LogP contribution in [0.3, 0.4) is 0 Å². The number of methoxy groups -OCH3 is 1. The first-order valence-electron chi connectivity index (χ1n) is 6.49. The molecule has 2 aromatic rings. The van der Waals surface area contributed by atoms with E-state index in [4.69, 9.17) is 27.9 Å². The number of likely N-dealkylation sites (N-methyl/N-ethyl adjacent to an activating group) is 1. The summed E-state index contributed by atoms with van der Waals surface area (Å²) in [5, 5.41) is 4.72. The molecule has 0 bridgehead atoms. The van der Waals surface area contributed by atoms with Crippen molar-refractivity contribution in [1.82, 2.24) is 5.32 Å². The van der Waals surface area contributed by atoms with E-state index in [1.807, 2.05) is 43.4 Å². The van der Waals surface area contributed by atoms with Gasteiger partial charge in [0.15, 0.2) is 0 Å². The van der Waals surface area contributed by atoms with Gasteiger partial charge in [-0.05, 0) is 54.9 Å². The van der Waals surface area contributed by atoms with Crippen LogP contribution in [0.1, 0.15) is 17.2 Å². The molecular weight excluding hydrogens is 373 g/mol. The second kappa shape index (κ2) is 7.50. The average Bonchev–Trinajstić information content (AvgIpc) is 2.45. The third kappa shape index (κ3) is 4.13. The monoisotopic (exact) mass is 387 g/mol. The lowest BCUT2D eigenvalue weighted by Gasteiger charge is -2.20. The largest absolute Gasteiger partial charge is 0.496 e. The number of ether oxygens (including phenoxy) is 1. The van der Waals surface area contributed by atoms with Crippen LogP contribution in [0.25, 0.3) is 0 Å². The van der Waals surface area contributed by atoms with Crippen LogP contribution in [0.5, 0.6) is 5.75 Å². The molecule has 0 aliphatic rings. The number of halogens is 3. The molecule has 21 heavy (non-hydrogen) atoms. The first kappa shape index (κ1) is 16.6. The van der Waals surface area contributed by atoms with Crippen molar-refractivity contribution in [2.24, 2.45) is 0 Å². The molecule has 0 spiro atoms. The summed E-state index contributed by atoms with van der Waals surface area (Å²) in [6, 6.07) is 11.6. The quantitative estimate of drug-likeness (QED) is 0.753. The average molecular weight is 389 g/mol. The normalized spacial score (nSPS) is 12.2. The molecule has 0 aliphatic heterocycles. The standard InChI is InChI=1S/C16H16BrCl2NO/c1-20-15(13-5-3-11(17)9-14(13)19)8-10-7-12(18)4-6-16(10)21-2/h3-7,9,15,20H,8H2,1-2H3. The predicted molar refractivity (Wildman–Crippen MR) is 92.7 cm³/mol. The zero-order valence-corrected chi connectivity index (χ0v) is 14.9. The number of hydrogen-bond donors (Lipinski definition) is 1. The molecule has 1 atom stereocenters. The topological polar surface area (TPSA) is 21.3 Å². The lowest BCUT2D eigenvalue weighted by atomic mass is 9.98. The molecule has 0 saturated heterocycles. The minimum atomic E-state index is 0.0815. The first-order chi connectivity index (χ1) is 10.0. The number of benzene rings is 2. The van der Waals surface area contributed by atoms with Gasteiger partial charge in [-0.3, -0.25) is 0 Å². The van der Waals surface area contributed by atoms with Gasteiger partial charge in [0.05, 0.1) is 7.11 Å². The lowest BCUT2D eigenvalue weighted by molar-refractivity contribution is 0.406. The highest BCUT2D eigenvalue weighted by Crippen LogP contribution is 2.31. The first-order valence-corrected chi connectivity index (χ1v) is 8.04. The van der Waals surface area contributed by atoms with E-state index in [9.17, 15) is 0 Å². The molecule has 0 fully saturated rings. The summed E-state index contributed by atoms with van der Waals surface area (Å²) in [5.74, 6) is 0.827. The fourth-order valence-corrected chi connectivity index (χ4v) is 3.28. The van der Waals surface area contributed by atoms with Crippen molar-refractivity contribution in [1.29, 1.82) is 0 Å². The highest BCUT2D eigenvalue weighted by Gasteiger charge is 2.16. The van der Waals surface area contributed by atoms with E-state index in [1.165, 1.54) is 0 Å². The van der Waals surface area contributed by atoms with E-state index < -0.39 is 0 Å². The minimum Gasteiger partial charge on any atom is -0.496 e. The Morgan fingerprint density at radius 3 is 2.57 bits per heavy atom. The lowest BCUT2D eigenvalue weighted by Crippen LogP contribution is -2.19. The van der Waals surface area contributed by atoms with Gasteiger partial charge in [0.2, 0.25) is 0 Å². The maximum Gasteiger partial charge on any atom is 0.122 e. The van der Waals surface area contributed by atoms with E-state index in [-0.39, 0.29) is 6.04 Å². The van der Waals surface area contributed by atoms with Gasteiger partial charge in [-0.15, -0.1) is 0 Å². The molecule has 0 heterocycles. The van der Waals surface area contributed by atoms with Crippen LogP contribution in [0.4, 0.5) is 0 Å². The Bertz CT molecular complexity index is 634. The predicted octanol–water partition coefficient (Wildman–Crippen LogP) is 5.27. The van der Waals surface area contributed by atoms with Crippen LogP contribution in [0.2, 0.25) is 10.0 Å². The second-order valence-corrected chi connectivity index (χ2v) is 6.43. The Hall–Kier alpha value is -0.740. The molecule has 2 nitrogen and oxygen atoms in total. The van der Waals surface area contributed by atoms with Gasteiger partial charge >= 0.3 is 0 Å². The Balaban J connectivity index is 2.33. The zero-order chi connectivity index (χ0) is 15.4. The Morgan fingerprint density at radius 1 is 1.19 bits per heavy atom. The third-order valence-corrected chi connectivity index (χ3v) is 4.41. The Morgan fingerprint density at radius 2 is 1.95 bits per heavy atom. The van der Waals surface area contributed by atoms with Crippen molar-refractivity contribution < 1.29 is 4.74 Å². The van der Waals surface area contributed by atoms with E-state index in [0.717, 1.165) is 32.8 Å². The molecule has 0 aromatic heterocycles. The molecule has 0 amide bonds. The van der Waals surface area contributed by atoms with Crippen LogP contribution in [0.15, 0.2) is 40.9 Å². The van der Waals surface area contributed by atoms with Crippen LogP contribution in [0, 0.1) is 0 Å². The summed E-state index contributed by atoms with van der Waals surface area (Å²) < 4.78 is 6.37. The van der Waals surface area contributed by atoms with Crippen molar-refractivity contribution >= 4 is 39.1 Å². The smallest absolute Gasteiger partial charge is 0.122 e. The third-order valence-electron chi connectivity index (χ3n) is 3.35. The summed E-state index contributed by atoms with van der Waals surface area (Å²) in [7, 11) is 3.58. The Labute approximate surface area is 143 Å². The van der Waals surface area contributed by atoms with E-state index >= 15 is 0 Å². The van der Waals surface area contributed by atoms with Crippen LogP contribution >= 0.6 is 39.1 Å². The van der Waals surface area contributed by atoms with Gasteiger partial charge in [0.25, 0.3) is 0 Å². The fraction of sp³-hybridized carbons (Fsp3) is 0.250. The van der Waals surface area contributed by atoms with E-state index in [1.54, 1.807) is 7.11 Å². The summed E-state index contributed by atoms with van der Waals surface area (Å²) >= 11 is 15.9. The van der Waals surface area contributed by atoms with Gasteiger partial charge in [-0.25, -0.2) is 0 Å². The van der Waals surface area contributed by atoms with Gasteiger partial charge in [0.1, 0.15) is 5.75 Å². The molecule has 0 saturated carbocycles. The number of hydrogen-bond acceptors (Lipinski definition) is 2. The summed E-state index contributed by atoms with van der Waals surface area (Å²) in [4.78, 5) is 0.